The van der Waals surface area contributed by atoms with Crippen LogP contribution in [-0.2, 0) is 22.2 Å². The Morgan fingerprint density at radius 3 is 2.28 bits per heavy atom. The van der Waals surface area contributed by atoms with E-state index in [2.05, 4.69) is 4.98 Å². The highest BCUT2D eigenvalue weighted by Gasteiger charge is 2.46. The van der Waals surface area contributed by atoms with Gasteiger partial charge >= 0.3 is 0 Å². The van der Waals surface area contributed by atoms with Crippen LogP contribution < -0.4 is 0 Å². The zero-order valence-electron chi connectivity index (χ0n) is 18.3. The van der Waals surface area contributed by atoms with Crippen LogP contribution in [0.1, 0.15) is 61.0 Å². The first-order chi connectivity index (χ1) is 15.4. The van der Waals surface area contributed by atoms with Gasteiger partial charge in [-0.1, -0.05) is 24.6 Å². The minimum Gasteiger partial charge on any atom is -0.385 e. The Labute approximate surface area is 187 Å². The highest BCUT2D eigenvalue weighted by atomic mass is 19.1. The number of Topliss-reactive ketones (excluding diaryl/α,β-unsaturated/α-hetero) is 1. The summed E-state index contributed by atoms with van der Waals surface area (Å²) in [6, 6.07) is 12.1. The van der Waals surface area contributed by atoms with Gasteiger partial charge in [-0.25, -0.2) is 4.39 Å². The predicted octanol–water partition coefficient (Wildman–Crippen LogP) is 5.20. The Morgan fingerprint density at radius 1 is 1.00 bits per heavy atom. The smallest absolute Gasteiger partial charge is 0.149 e. The molecule has 2 saturated carbocycles. The van der Waals surface area contributed by atoms with Crippen LogP contribution in [0.2, 0.25) is 0 Å². The number of rotatable bonds is 6. The number of ketones is 1. The third-order valence-corrected chi connectivity index (χ3v) is 7.31. The lowest BCUT2D eigenvalue weighted by Crippen LogP contribution is -2.44. The molecule has 4 nitrogen and oxygen atoms in total. The van der Waals surface area contributed by atoms with E-state index in [1.165, 1.54) is 12.1 Å². The molecule has 0 saturated heterocycles. The number of aryl methyl sites for hydroxylation is 1. The van der Waals surface area contributed by atoms with Crippen molar-refractivity contribution in [1.82, 2.24) is 9.97 Å². The van der Waals surface area contributed by atoms with E-state index < -0.39 is 11.0 Å². The fraction of sp³-hybridized carbons (Fsp3) is 0.370. The molecule has 1 N–H and O–H groups in total. The first-order valence-electron chi connectivity index (χ1n) is 11.3. The first-order valence-corrected chi connectivity index (χ1v) is 11.3. The van der Waals surface area contributed by atoms with Crippen LogP contribution in [0.25, 0.3) is 11.1 Å². The molecule has 0 atom stereocenters. The normalized spacial score (nSPS) is 18.5. The topological polar surface area (TPSA) is 63.1 Å². The quantitative estimate of drug-likeness (QED) is 0.584. The summed E-state index contributed by atoms with van der Waals surface area (Å²) in [5.41, 5.74) is 3.86. The van der Waals surface area contributed by atoms with Crippen molar-refractivity contribution in [2.24, 2.45) is 0 Å². The average Bonchev–Trinajstić information content (AvgIpc) is 2.73. The largest absolute Gasteiger partial charge is 0.385 e. The van der Waals surface area contributed by atoms with Crippen molar-refractivity contribution in [3.63, 3.8) is 0 Å². The summed E-state index contributed by atoms with van der Waals surface area (Å²) in [7, 11) is 0. The summed E-state index contributed by atoms with van der Waals surface area (Å²) >= 11 is 0. The van der Waals surface area contributed by atoms with Crippen LogP contribution in [0.4, 0.5) is 4.39 Å². The SMILES string of the molecule is Cc1cc(C2(O)CCC2)c(-c2ccc(C3(C(=O)Cc4ccc(F)cc4)CCC3)nc2)cn1. The summed E-state index contributed by atoms with van der Waals surface area (Å²) < 4.78 is 13.2. The number of hydrogen-bond donors (Lipinski definition) is 1. The van der Waals surface area contributed by atoms with Crippen molar-refractivity contribution in [3.8, 4) is 11.1 Å². The molecule has 0 bridgehead atoms. The summed E-state index contributed by atoms with van der Waals surface area (Å²) in [5.74, 6) is -0.162. The van der Waals surface area contributed by atoms with E-state index >= 15 is 0 Å². The predicted molar refractivity (Wildman–Crippen MR) is 121 cm³/mol. The van der Waals surface area contributed by atoms with Crippen LogP contribution in [0.15, 0.2) is 54.9 Å². The molecular weight excluding hydrogens is 403 g/mol. The number of halogens is 1. The van der Waals surface area contributed by atoms with Gasteiger partial charge in [0.15, 0.2) is 0 Å². The van der Waals surface area contributed by atoms with Crippen LogP contribution in [0.3, 0.4) is 0 Å². The number of carbonyl (C=O) groups is 1. The third-order valence-electron chi connectivity index (χ3n) is 7.31. The lowest BCUT2D eigenvalue weighted by Gasteiger charge is -2.40. The van der Waals surface area contributed by atoms with Crippen molar-refractivity contribution >= 4 is 5.78 Å². The number of hydrogen-bond acceptors (Lipinski definition) is 4. The van der Waals surface area contributed by atoms with E-state index in [9.17, 15) is 14.3 Å². The molecule has 164 valence electrons. The molecular formula is C27H27FN2O2. The molecule has 0 amide bonds. The molecule has 0 radical (unpaired) electrons. The van der Waals surface area contributed by atoms with Gasteiger partial charge in [0.05, 0.1) is 16.7 Å². The molecule has 2 aromatic heterocycles. The van der Waals surface area contributed by atoms with Gasteiger partial charge in [-0.15, -0.1) is 0 Å². The maximum absolute atomic E-state index is 13.2. The Morgan fingerprint density at radius 2 is 1.72 bits per heavy atom. The summed E-state index contributed by atoms with van der Waals surface area (Å²) in [4.78, 5) is 22.4. The maximum Gasteiger partial charge on any atom is 0.149 e. The van der Waals surface area contributed by atoms with Crippen molar-refractivity contribution in [3.05, 3.63) is 83.2 Å². The van der Waals surface area contributed by atoms with Crippen LogP contribution >= 0.6 is 0 Å². The average molecular weight is 431 g/mol. The Hall–Kier alpha value is -2.92. The summed E-state index contributed by atoms with van der Waals surface area (Å²) in [6.45, 7) is 1.93. The third kappa shape index (κ3) is 3.55. The van der Waals surface area contributed by atoms with E-state index in [0.717, 1.165) is 72.2 Å². The molecule has 0 spiro atoms. The molecule has 2 aliphatic rings. The van der Waals surface area contributed by atoms with E-state index in [1.54, 1.807) is 18.3 Å². The van der Waals surface area contributed by atoms with Crippen LogP contribution in [0, 0.1) is 12.7 Å². The van der Waals surface area contributed by atoms with Gasteiger partial charge in [0.1, 0.15) is 11.6 Å². The van der Waals surface area contributed by atoms with Gasteiger partial charge in [0.2, 0.25) is 0 Å². The molecule has 1 aromatic carbocycles. The maximum atomic E-state index is 13.2. The van der Waals surface area contributed by atoms with Crippen molar-refractivity contribution in [2.75, 3.05) is 0 Å². The van der Waals surface area contributed by atoms with Gasteiger partial charge in [-0.3, -0.25) is 14.8 Å². The number of pyridine rings is 2. The van der Waals surface area contributed by atoms with Crippen LogP contribution in [0.5, 0.6) is 0 Å². The summed E-state index contributed by atoms with van der Waals surface area (Å²) in [5, 5.41) is 11.0. The van der Waals surface area contributed by atoms with Crippen molar-refractivity contribution in [2.45, 2.75) is 62.9 Å². The highest BCUT2D eigenvalue weighted by molar-refractivity contribution is 5.92. The molecule has 5 rings (SSSR count). The molecule has 2 aliphatic carbocycles. The van der Waals surface area contributed by atoms with Crippen LogP contribution in [-0.4, -0.2) is 20.9 Å². The standard InChI is InChI=1S/C27H27FN2O2/c1-18-14-23(27(32)12-3-13-27)22(17-29-18)20-6-9-24(30-16-20)26(10-2-11-26)25(31)15-19-4-7-21(28)8-5-19/h4-9,14,16-17,32H,2-3,10-13,15H2,1H3. The second kappa shape index (κ2) is 7.89. The molecule has 2 fully saturated rings. The highest BCUT2D eigenvalue weighted by Crippen LogP contribution is 2.46. The number of carbonyl (C=O) groups excluding carboxylic acids is 1. The Balaban J connectivity index is 1.43. The van der Waals surface area contributed by atoms with E-state index in [-0.39, 0.29) is 18.0 Å². The second-order valence-corrected chi connectivity index (χ2v) is 9.35. The van der Waals surface area contributed by atoms with E-state index in [1.807, 2.05) is 31.3 Å². The number of nitrogens with zero attached hydrogens (tertiary/aromatic N) is 2. The fourth-order valence-corrected chi connectivity index (χ4v) is 4.96. The minimum absolute atomic E-state index is 0.136. The minimum atomic E-state index is -0.790. The molecule has 3 aromatic rings. The zero-order chi connectivity index (χ0) is 22.3. The van der Waals surface area contributed by atoms with Crippen molar-refractivity contribution < 1.29 is 14.3 Å². The Bertz CT molecular complexity index is 1150. The zero-order valence-corrected chi connectivity index (χ0v) is 18.3. The molecule has 2 heterocycles. The lowest BCUT2D eigenvalue weighted by atomic mass is 9.62. The van der Waals surface area contributed by atoms with E-state index in [4.69, 9.17) is 4.98 Å². The molecule has 32 heavy (non-hydrogen) atoms. The van der Waals surface area contributed by atoms with Gasteiger partial charge in [0.25, 0.3) is 0 Å². The molecule has 0 aliphatic heterocycles. The monoisotopic (exact) mass is 430 g/mol. The number of aliphatic hydroxyl groups is 1. The summed E-state index contributed by atoms with van der Waals surface area (Å²) in [6.07, 6.45) is 9.02. The molecule has 0 unspecified atom stereocenters. The molecule has 5 heteroatoms. The fourth-order valence-electron chi connectivity index (χ4n) is 4.96. The Kier molecular flexibility index (Phi) is 5.17. The van der Waals surface area contributed by atoms with Gasteiger partial charge in [0, 0.05) is 35.6 Å². The second-order valence-electron chi connectivity index (χ2n) is 9.35. The lowest BCUT2D eigenvalue weighted by molar-refractivity contribution is -0.127. The van der Waals surface area contributed by atoms with Gasteiger partial charge in [-0.05, 0) is 74.4 Å². The number of benzene rings is 1. The van der Waals surface area contributed by atoms with Gasteiger partial charge < -0.3 is 5.11 Å². The number of aromatic nitrogens is 2. The van der Waals surface area contributed by atoms with Crippen molar-refractivity contribution in [1.29, 1.82) is 0 Å². The first kappa shape index (κ1) is 21.0. The van der Waals surface area contributed by atoms with Gasteiger partial charge in [-0.2, -0.15) is 0 Å². The van der Waals surface area contributed by atoms with E-state index in [0.29, 0.717) is 0 Å².